The quantitative estimate of drug-likeness (QED) is 0.335. The number of rotatable bonds is 0. The minimum atomic E-state index is 0. The van der Waals surface area contributed by atoms with Crippen molar-refractivity contribution in [2.75, 3.05) is 0 Å². The first-order chi connectivity index (χ1) is 0. The van der Waals surface area contributed by atoms with Gasteiger partial charge < -0.3 is 0 Å². The predicted octanol–water partition coefficient (Wildman–Crippen LogP) is -8.71. The van der Waals surface area contributed by atoms with Crippen molar-refractivity contribution in [2.24, 2.45) is 0 Å². The molecule has 0 aromatic heterocycles. The summed E-state index contributed by atoms with van der Waals surface area (Å²) >= 11 is 0. The van der Waals surface area contributed by atoms with Crippen LogP contribution < -0.4 is 0 Å². The first-order valence-corrected chi connectivity index (χ1v) is 0. The van der Waals surface area contributed by atoms with Crippen LogP contribution >= 0.6 is 0 Å². The van der Waals surface area contributed by atoms with Crippen LogP contribution in [0.4, 0.5) is 0 Å². The molecule has 0 heterocycles. The van der Waals surface area contributed by atoms with Gasteiger partial charge in [0.25, 0.3) is 0 Å². The summed E-state index contributed by atoms with van der Waals surface area (Å²) in [6.07, 6.45) is 0. The molecule has 0 radical (unpaired) electrons. The van der Waals surface area contributed by atoms with E-state index >= 15 is 0 Å². The van der Waals surface area contributed by atoms with Crippen molar-refractivity contribution in [1.82, 2.24) is 0 Å². The average molecular weight is 193 g/mol. The standard InChI is InChI=1S/6H4Si/h6*1H4. The van der Waals surface area contributed by atoms with Crippen molar-refractivity contribution in [3.63, 3.8) is 0 Å². The van der Waals surface area contributed by atoms with E-state index in [2.05, 4.69) is 0 Å². The van der Waals surface area contributed by atoms with Gasteiger partial charge in [-0.1, -0.05) is 0 Å². The Morgan fingerprint density at radius 3 is 0.167 bits per heavy atom. The first-order valence-electron chi connectivity index (χ1n) is 0. The number of hydrogen-bond donors (Lipinski definition) is 0. The van der Waals surface area contributed by atoms with Gasteiger partial charge in [-0.25, -0.2) is 0 Å². The van der Waals surface area contributed by atoms with Crippen LogP contribution in [0, 0.1) is 0 Å². The second-order valence-corrected chi connectivity index (χ2v) is 0. The van der Waals surface area contributed by atoms with Gasteiger partial charge in [-0.15, -0.1) is 0 Å². The average Bonchev–Trinajstić information content (AvgIpc) is 0. The highest BCUT2D eigenvalue weighted by atomic mass is 28.1. The summed E-state index contributed by atoms with van der Waals surface area (Å²) in [4.78, 5) is 0. The molecule has 6 heteroatoms. The summed E-state index contributed by atoms with van der Waals surface area (Å²) in [6, 6.07) is 0. The van der Waals surface area contributed by atoms with Crippen molar-refractivity contribution < 1.29 is 0 Å². The Morgan fingerprint density at radius 2 is 0.167 bits per heavy atom. The van der Waals surface area contributed by atoms with Gasteiger partial charge in [-0.05, 0) is 65.8 Å². The Bertz CT molecular complexity index is 0. The third kappa shape index (κ3) is 57.9. The largest absolute Gasteiger partial charge is 0.0149 e. The SMILES string of the molecule is [SiH4].[SiH4].[SiH4].[SiH4].[SiH4].[SiH4]. The van der Waals surface area contributed by atoms with E-state index in [-0.39, 0.29) is 65.8 Å². The zero-order chi connectivity index (χ0) is 0. The van der Waals surface area contributed by atoms with Gasteiger partial charge >= 0.3 is 0 Å². The van der Waals surface area contributed by atoms with Crippen molar-refractivity contribution in [3.05, 3.63) is 0 Å². The van der Waals surface area contributed by atoms with Crippen LogP contribution in [0.3, 0.4) is 0 Å². The van der Waals surface area contributed by atoms with Crippen molar-refractivity contribution in [3.8, 4) is 0 Å². The lowest BCUT2D eigenvalue weighted by Gasteiger charge is -0.0159. The van der Waals surface area contributed by atoms with Gasteiger partial charge in [0.1, 0.15) is 0 Å². The Kier molecular flexibility index (Phi) is 2980. The molecular formula is H24Si6. The zero-order valence-electron chi connectivity index (χ0n) is 0. The van der Waals surface area contributed by atoms with E-state index in [1.54, 1.807) is 0 Å². The molecule has 0 aromatic rings. The van der Waals surface area contributed by atoms with Gasteiger partial charge in [0.15, 0.2) is 0 Å². The normalized spacial score (nSPS) is 0. The topological polar surface area (TPSA) is 0 Å². The van der Waals surface area contributed by atoms with Crippen LogP contribution in [0.1, 0.15) is 0 Å². The van der Waals surface area contributed by atoms with Crippen LogP contribution in [-0.2, 0) is 0 Å². The smallest absolute Gasteiger partial charge is 0.0149 e. The molecule has 0 rings (SSSR count). The van der Waals surface area contributed by atoms with E-state index in [1.807, 2.05) is 0 Å². The summed E-state index contributed by atoms with van der Waals surface area (Å²) in [5.41, 5.74) is 0. The maximum atomic E-state index is 0. The third-order valence-corrected chi connectivity index (χ3v) is 0. The van der Waals surface area contributed by atoms with Crippen LogP contribution in [0.5, 0.6) is 0 Å². The van der Waals surface area contributed by atoms with E-state index in [9.17, 15) is 0 Å². The fourth-order valence-electron chi connectivity index (χ4n) is 0. The van der Waals surface area contributed by atoms with Gasteiger partial charge in [0, 0.05) is 0 Å². The van der Waals surface area contributed by atoms with Crippen LogP contribution in [0.15, 0.2) is 0 Å². The maximum Gasteiger partial charge on any atom is -0.0149 e. The Hall–Kier alpha value is 1.30. The second-order valence-electron chi connectivity index (χ2n) is 0. The maximum absolute atomic E-state index is 0. The molecule has 0 nitrogen and oxygen atoms in total. The molecule has 0 bridgehead atoms. The first kappa shape index (κ1) is 171. The second kappa shape index (κ2) is 105. The highest BCUT2D eigenvalue weighted by Crippen LogP contribution is -0.376. The van der Waals surface area contributed by atoms with E-state index in [4.69, 9.17) is 0 Å². The molecule has 0 aliphatic heterocycles. The monoisotopic (exact) mass is 192 g/mol. The van der Waals surface area contributed by atoms with Crippen LogP contribution in [-0.4, -0.2) is 65.8 Å². The van der Waals surface area contributed by atoms with E-state index in [0.29, 0.717) is 0 Å². The molecule has 48 valence electrons. The summed E-state index contributed by atoms with van der Waals surface area (Å²) in [7, 11) is 0. The highest BCUT2D eigenvalue weighted by molar-refractivity contribution is 5.76. The predicted molar refractivity (Wildman–Crippen MR) is 68.0 cm³/mol. The minimum Gasteiger partial charge on any atom is -0.0149 e. The zero-order valence-corrected chi connectivity index (χ0v) is 0. The van der Waals surface area contributed by atoms with Gasteiger partial charge in [0.05, 0.1) is 0 Å². The molecule has 0 aliphatic rings. The molecule has 0 N–H and O–H groups in total. The molecule has 0 amide bonds. The molecule has 6 heavy (non-hydrogen) atoms. The summed E-state index contributed by atoms with van der Waals surface area (Å²) < 4.78 is 0. The lowest BCUT2D eigenvalue weighted by atomic mass is 28.1. The fourth-order valence-corrected chi connectivity index (χ4v) is 0. The van der Waals surface area contributed by atoms with Crippen molar-refractivity contribution >= 4 is 65.8 Å². The lowest BCUT2D eigenvalue weighted by Crippen LogP contribution is -0.382. The van der Waals surface area contributed by atoms with E-state index in [0.717, 1.165) is 0 Å². The lowest BCUT2D eigenvalue weighted by molar-refractivity contribution is 5.75. The molecule has 0 atom stereocenters. The van der Waals surface area contributed by atoms with E-state index < -0.39 is 0 Å². The molecular weight excluding hydrogens is 169 g/mol. The highest BCUT2D eigenvalue weighted by Gasteiger charge is -0.00985. The summed E-state index contributed by atoms with van der Waals surface area (Å²) in [6.45, 7) is 0. The Labute approximate surface area is 66.0 Å². The molecule has 0 aromatic carbocycles. The molecule has 0 fully saturated rings. The van der Waals surface area contributed by atoms with Crippen LogP contribution in [0.25, 0.3) is 0 Å². The van der Waals surface area contributed by atoms with Crippen molar-refractivity contribution in [1.29, 1.82) is 0 Å². The Balaban J connectivity index is 0. The summed E-state index contributed by atoms with van der Waals surface area (Å²) in [5, 5.41) is 0. The van der Waals surface area contributed by atoms with Crippen LogP contribution in [0.2, 0.25) is 0 Å². The molecule has 0 aliphatic carbocycles. The van der Waals surface area contributed by atoms with Crippen molar-refractivity contribution in [2.45, 2.75) is 0 Å². The van der Waals surface area contributed by atoms with E-state index in [1.165, 1.54) is 0 Å². The van der Waals surface area contributed by atoms with Gasteiger partial charge in [-0.3, -0.25) is 0 Å². The number of hydrogen-bond acceptors (Lipinski definition) is 0. The molecule has 0 spiro atoms. The van der Waals surface area contributed by atoms with Gasteiger partial charge in [-0.2, -0.15) is 0 Å². The molecule has 0 saturated heterocycles. The third-order valence-electron chi connectivity index (χ3n) is 0. The Morgan fingerprint density at radius 1 is 0.167 bits per heavy atom. The summed E-state index contributed by atoms with van der Waals surface area (Å²) in [5.74, 6) is 0. The van der Waals surface area contributed by atoms with Gasteiger partial charge in [0.2, 0.25) is 0 Å². The minimum absolute atomic E-state index is 0. The fraction of sp³-hybridized carbons (Fsp3) is 0. The molecule has 0 unspecified atom stereocenters. The molecule has 0 saturated carbocycles.